The lowest BCUT2D eigenvalue weighted by Gasteiger charge is -2.34. The second-order valence-electron chi connectivity index (χ2n) is 11.8. The quantitative estimate of drug-likeness (QED) is 0.0349. The number of cyclic esters (lactones) is 2. The van der Waals surface area contributed by atoms with Crippen molar-refractivity contribution in [1.82, 2.24) is 4.90 Å². The normalized spacial score (nSPS) is 14.5. The van der Waals surface area contributed by atoms with Crippen molar-refractivity contribution in [2.24, 2.45) is 0 Å². The van der Waals surface area contributed by atoms with Gasteiger partial charge in [-0.3, -0.25) is 14.5 Å². The lowest BCUT2D eigenvalue weighted by Crippen LogP contribution is -2.51. The van der Waals surface area contributed by atoms with E-state index < -0.39 is 29.8 Å². The Labute approximate surface area is 281 Å². The van der Waals surface area contributed by atoms with Crippen LogP contribution in [0.25, 0.3) is 43.1 Å². The van der Waals surface area contributed by atoms with Gasteiger partial charge in [0.15, 0.2) is 0 Å². The molecule has 5 aromatic carbocycles. The summed E-state index contributed by atoms with van der Waals surface area (Å²) in [5.41, 5.74) is 1.42. The van der Waals surface area contributed by atoms with Gasteiger partial charge >= 0.3 is 11.9 Å². The molecule has 0 N–H and O–H groups in total. The number of hydrogen-bond donors (Lipinski definition) is 0. The molecular formula is C37H35NO11. The van der Waals surface area contributed by atoms with Crippen LogP contribution in [0.4, 0.5) is 0 Å². The molecule has 7 rings (SSSR count). The topological polar surface area (TPSA) is 136 Å². The van der Waals surface area contributed by atoms with Crippen molar-refractivity contribution >= 4 is 66.8 Å². The molecule has 0 fully saturated rings. The molecule has 0 unspecified atom stereocenters. The van der Waals surface area contributed by atoms with Gasteiger partial charge in [0.05, 0.1) is 83.2 Å². The van der Waals surface area contributed by atoms with Crippen LogP contribution >= 0.6 is 0 Å². The van der Waals surface area contributed by atoms with E-state index in [-0.39, 0.29) is 26.4 Å². The summed E-state index contributed by atoms with van der Waals surface area (Å²) in [7, 11) is 3.19. The molecule has 2 heterocycles. The van der Waals surface area contributed by atoms with E-state index in [1.165, 1.54) is 4.90 Å². The molecule has 0 bridgehead atoms. The first-order valence-corrected chi connectivity index (χ1v) is 16.1. The number of methoxy groups -OCH3 is 2. The first kappa shape index (κ1) is 33.0. The molecule has 5 aromatic rings. The predicted octanol–water partition coefficient (Wildman–Crippen LogP) is 4.37. The minimum atomic E-state index is -0.720. The summed E-state index contributed by atoms with van der Waals surface area (Å²) in [5, 5.41) is 5.85. The van der Waals surface area contributed by atoms with E-state index >= 15 is 0 Å². The molecule has 0 aromatic heterocycles. The molecule has 2 amide bonds. The van der Waals surface area contributed by atoms with Crippen molar-refractivity contribution in [3.8, 4) is 0 Å². The summed E-state index contributed by atoms with van der Waals surface area (Å²) >= 11 is 0. The van der Waals surface area contributed by atoms with Crippen LogP contribution in [0, 0.1) is 0 Å². The molecule has 2 aliphatic rings. The van der Waals surface area contributed by atoms with E-state index in [2.05, 4.69) is 0 Å². The maximum absolute atomic E-state index is 14.3. The summed E-state index contributed by atoms with van der Waals surface area (Å²) in [6.45, 7) is 3.04. The van der Waals surface area contributed by atoms with Gasteiger partial charge in [-0.15, -0.1) is 0 Å². The Balaban J connectivity index is 1.24. The maximum atomic E-state index is 14.3. The average molecular weight is 670 g/mol. The molecule has 2 aliphatic heterocycles. The Bertz CT molecular complexity index is 1950. The van der Waals surface area contributed by atoms with Crippen LogP contribution in [0.1, 0.15) is 41.4 Å². The molecule has 0 radical (unpaired) electrons. The molecule has 0 spiro atoms. The highest BCUT2D eigenvalue weighted by Gasteiger charge is 2.39. The predicted molar refractivity (Wildman–Crippen MR) is 179 cm³/mol. The number of hydrogen-bond acceptors (Lipinski definition) is 11. The summed E-state index contributed by atoms with van der Waals surface area (Å²) in [5.74, 6) is -2.27. The number of amides is 2. The number of imide groups is 1. The van der Waals surface area contributed by atoms with E-state index in [0.717, 1.165) is 32.3 Å². The Kier molecular flexibility index (Phi) is 9.50. The van der Waals surface area contributed by atoms with Crippen LogP contribution in [0.3, 0.4) is 0 Å². The fraction of sp³-hybridized carbons (Fsp3) is 0.351. The maximum Gasteiger partial charge on any atom is 0.346 e. The minimum absolute atomic E-state index is 0.0471. The van der Waals surface area contributed by atoms with Crippen LogP contribution < -0.4 is 0 Å². The minimum Gasteiger partial charge on any atom is -0.386 e. The lowest BCUT2D eigenvalue weighted by molar-refractivity contribution is -0.0221. The summed E-state index contributed by atoms with van der Waals surface area (Å²) in [6.07, 6.45) is 0. The molecular weight excluding hydrogens is 634 g/mol. The van der Waals surface area contributed by atoms with Crippen LogP contribution in [-0.4, -0.2) is 115 Å². The second kappa shape index (κ2) is 14.1. The monoisotopic (exact) mass is 669 g/mol. The van der Waals surface area contributed by atoms with Gasteiger partial charge in [0.25, 0.3) is 11.8 Å². The van der Waals surface area contributed by atoms with E-state index in [1.54, 1.807) is 38.5 Å². The number of rotatable bonds is 17. The lowest BCUT2D eigenvalue weighted by atomic mass is 9.82. The zero-order chi connectivity index (χ0) is 34.1. The van der Waals surface area contributed by atoms with Crippen LogP contribution in [-0.2, 0) is 33.2 Å². The molecule has 0 aliphatic carbocycles. The third kappa shape index (κ3) is 5.80. The third-order valence-electron chi connectivity index (χ3n) is 9.02. The SMILES string of the molecule is COCCOCCOCC(COCCOCCOC)N1C(=O)c2ccc3c4ccc5c6c(ccc(c7ccc(c2c37)C1=O)c64)C(=O)OC5=O. The van der Waals surface area contributed by atoms with Gasteiger partial charge in [-0.1, -0.05) is 24.3 Å². The standard InChI is InChI=1S/C37H35NO11/c1-43-11-13-45-15-17-47-19-21(20-48-18-16-46-14-12-44-2)38-34(39)26-7-3-22-24-5-9-28-33-29(37(42)49-36(28)41)10-6-25(31(24)33)23-4-8-27(35(38)40)32(26)30(22)23/h3-10,21H,11-20H2,1-2H3. The fourth-order valence-electron chi connectivity index (χ4n) is 6.82. The third-order valence-corrected chi connectivity index (χ3v) is 9.02. The fourth-order valence-corrected chi connectivity index (χ4v) is 6.82. The summed E-state index contributed by atoms with van der Waals surface area (Å²) in [4.78, 5) is 55.1. The molecule has 0 atom stereocenters. The van der Waals surface area contributed by atoms with Crippen molar-refractivity contribution in [3.63, 3.8) is 0 Å². The number of ether oxygens (including phenoxy) is 7. The Morgan fingerprint density at radius 1 is 0.490 bits per heavy atom. The number of fused-ring (bicyclic) bond motifs is 2. The second-order valence-corrected chi connectivity index (χ2v) is 11.8. The van der Waals surface area contributed by atoms with E-state index in [0.29, 0.717) is 72.7 Å². The van der Waals surface area contributed by atoms with E-state index in [4.69, 9.17) is 33.2 Å². The van der Waals surface area contributed by atoms with Gasteiger partial charge in [-0.25, -0.2) is 9.59 Å². The molecule has 254 valence electrons. The molecule has 0 saturated heterocycles. The number of benzene rings is 5. The van der Waals surface area contributed by atoms with Gasteiger partial charge in [-0.05, 0) is 56.6 Å². The zero-order valence-electron chi connectivity index (χ0n) is 27.2. The van der Waals surface area contributed by atoms with Gasteiger partial charge in [0, 0.05) is 36.1 Å². The van der Waals surface area contributed by atoms with E-state index in [1.807, 2.05) is 24.3 Å². The summed E-state index contributed by atoms with van der Waals surface area (Å²) < 4.78 is 37.7. The smallest absolute Gasteiger partial charge is 0.346 e. The molecule has 49 heavy (non-hydrogen) atoms. The largest absolute Gasteiger partial charge is 0.386 e. The van der Waals surface area contributed by atoms with Crippen molar-refractivity contribution in [2.45, 2.75) is 6.04 Å². The van der Waals surface area contributed by atoms with Crippen molar-refractivity contribution in [1.29, 1.82) is 0 Å². The number of carbonyl (C=O) groups excluding carboxylic acids is 4. The highest BCUT2D eigenvalue weighted by Crippen LogP contribution is 2.46. The van der Waals surface area contributed by atoms with Crippen molar-refractivity contribution in [2.75, 3.05) is 80.3 Å². The van der Waals surface area contributed by atoms with Gasteiger partial charge in [-0.2, -0.15) is 0 Å². The Hall–Kier alpha value is -4.56. The van der Waals surface area contributed by atoms with Crippen molar-refractivity contribution < 1.29 is 52.3 Å². The Morgan fingerprint density at radius 3 is 1.29 bits per heavy atom. The average Bonchev–Trinajstić information content (AvgIpc) is 3.11. The molecule has 12 heteroatoms. The molecule has 12 nitrogen and oxygen atoms in total. The number of esters is 2. The number of carbonyl (C=O) groups is 4. The van der Waals surface area contributed by atoms with Gasteiger partial charge in [0.1, 0.15) is 0 Å². The van der Waals surface area contributed by atoms with E-state index in [9.17, 15) is 19.2 Å². The summed E-state index contributed by atoms with van der Waals surface area (Å²) in [6, 6.07) is 13.5. The van der Waals surface area contributed by atoms with Crippen LogP contribution in [0.5, 0.6) is 0 Å². The highest BCUT2D eigenvalue weighted by atomic mass is 16.6. The zero-order valence-corrected chi connectivity index (χ0v) is 27.2. The first-order chi connectivity index (χ1) is 24.0. The number of nitrogens with zero attached hydrogens (tertiary/aromatic N) is 1. The molecule has 0 saturated carbocycles. The van der Waals surface area contributed by atoms with Crippen LogP contribution in [0.2, 0.25) is 0 Å². The first-order valence-electron chi connectivity index (χ1n) is 16.1. The Morgan fingerprint density at radius 2 is 0.857 bits per heavy atom. The van der Waals surface area contributed by atoms with Crippen molar-refractivity contribution in [3.05, 3.63) is 70.8 Å². The highest BCUT2D eigenvalue weighted by molar-refractivity contribution is 6.40. The van der Waals surface area contributed by atoms with Crippen LogP contribution in [0.15, 0.2) is 48.5 Å². The van der Waals surface area contributed by atoms with Gasteiger partial charge < -0.3 is 33.2 Å². The van der Waals surface area contributed by atoms with Gasteiger partial charge in [0.2, 0.25) is 0 Å².